The Hall–Kier alpha value is -1.36. The summed E-state index contributed by atoms with van der Waals surface area (Å²) in [5, 5.41) is 0. The molecular formula is C9H10N4S. The first kappa shape index (κ1) is 7.99. The Morgan fingerprint density at radius 2 is 2.21 bits per heavy atom. The van der Waals surface area contributed by atoms with E-state index in [0.29, 0.717) is 0 Å². The fourth-order valence-corrected chi connectivity index (χ4v) is 2.32. The zero-order valence-electron chi connectivity index (χ0n) is 7.60. The molecule has 1 aliphatic rings. The van der Waals surface area contributed by atoms with E-state index in [-0.39, 0.29) is 0 Å². The molecule has 0 unspecified atom stereocenters. The number of nitrogens with two attached hydrogens (primary N) is 1. The van der Waals surface area contributed by atoms with E-state index in [1.54, 1.807) is 17.5 Å². The minimum Gasteiger partial charge on any atom is -0.396 e. The van der Waals surface area contributed by atoms with Gasteiger partial charge in [-0.1, -0.05) is 0 Å². The van der Waals surface area contributed by atoms with E-state index in [1.807, 2.05) is 5.51 Å². The Morgan fingerprint density at radius 1 is 1.36 bits per heavy atom. The molecule has 2 aromatic heterocycles. The van der Waals surface area contributed by atoms with Gasteiger partial charge in [-0.25, -0.2) is 9.97 Å². The van der Waals surface area contributed by atoms with Gasteiger partial charge in [-0.2, -0.15) is 0 Å². The molecule has 72 valence electrons. The summed E-state index contributed by atoms with van der Waals surface area (Å²) in [5.41, 5.74) is 10.5. The number of rotatable bonds is 1. The number of nitrogens with zero attached hydrogens (tertiary/aromatic N) is 3. The van der Waals surface area contributed by atoms with Crippen LogP contribution < -0.4 is 10.6 Å². The van der Waals surface area contributed by atoms with Gasteiger partial charge in [-0.3, -0.25) is 0 Å². The molecule has 1 aliphatic heterocycles. The molecule has 1 fully saturated rings. The van der Waals surface area contributed by atoms with Gasteiger partial charge in [0.1, 0.15) is 10.3 Å². The van der Waals surface area contributed by atoms with Crippen LogP contribution in [0.15, 0.2) is 11.7 Å². The molecule has 0 atom stereocenters. The quantitative estimate of drug-likeness (QED) is 0.768. The van der Waals surface area contributed by atoms with Crippen LogP contribution >= 0.6 is 11.3 Å². The molecule has 0 aliphatic carbocycles. The number of thiazole rings is 1. The second kappa shape index (κ2) is 2.81. The summed E-state index contributed by atoms with van der Waals surface area (Å²) >= 11 is 1.56. The average Bonchev–Trinajstić information content (AvgIpc) is 2.54. The summed E-state index contributed by atoms with van der Waals surface area (Å²) in [6.45, 7) is 2.17. The summed E-state index contributed by atoms with van der Waals surface area (Å²) in [5.74, 6) is 0. The maximum atomic E-state index is 5.92. The lowest BCUT2D eigenvalue weighted by molar-refractivity contribution is 0.620. The zero-order valence-corrected chi connectivity index (χ0v) is 8.42. The number of fused-ring (bicyclic) bond motifs is 1. The number of pyridine rings is 1. The van der Waals surface area contributed by atoms with Crippen LogP contribution in [0.2, 0.25) is 0 Å². The van der Waals surface area contributed by atoms with E-state index >= 15 is 0 Å². The lowest BCUT2D eigenvalue weighted by atomic mass is 10.1. The van der Waals surface area contributed by atoms with Crippen molar-refractivity contribution in [1.29, 1.82) is 0 Å². The van der Waals surface area contributed by atoms with Crippen LogP contribution in [0.1, 0.15) is 6.42 Å². The molecule has 0 radical (unpaired) electrons. The standard InChI is InChI=1S/C9H10N4S/c10-6-4-11-9-7(12-5-14-9)8(6)13-2-1-3-13/h4-5H,1-3,10H2. The molecule has 0 amide bonds. The Kier molecular flexibility index (Phi) is 1.61. The summed E-state index contributed by atoms with van der Waals surface area (Å²) in [7, 11) is 0. The van der Waals surface area contributed by atoms with Crippen molar-refractivity contribution in [2.75, 3.05) is 23.7 Å². The van der Waals surface area contributed by atoms with Gasteiger partial charge in [0.15, 0.2) is 0 Å². The fourth-order valence-electron chi connectivity index (χ4n) is 1.69. The van der Waals surface area contributed by atoms with Crippen LogP contribution in [0.5, 0.6) is 0 Å². The van der Waals surface area contributed by atoms with Gasteiger partial charge in [-0.15, -0.1) is 11.3 Å². The van der Waals surface area contributed by atoms with Gasteiger partial charge in [0.2, 0.25) is 0 Å². The molecule has 14 heavy (non-hydrogen) atoms. The number of aromatic nitrogens is 2. The van der Waals surface area contributed by atoms with E-state index in [2.05, 4.69) is 14.9 Å². The maximum Gasteiger partial charge on any atom is 0.145 e. The lowest BCUT2D eigenvalue weighted by Crippen LogP contribution is -2.37. The van der Waals surface area contributed by atoms with E-state index in [9.17, 15) is 0 Å². The highest BCUT2D eigenvalue weighted by Gasteiger charge is 2.20. The van der Waals surface area contributed by atoms with Crippen molar-refractivity contribution >= 4 is 33.1 Å². The Balaban J connectivity index is 2.26. The number of anilines is 2. The summed E-state index contributed by atoms with van der Waals surface area (Å²) in [6, 6.07) is 0. The Labute approximate surface area is 85.4 Å². The second-order valence-corrected chi connectivity index (χ2v) is 4.24. The minimum atomic E-state index is 0.739. The molecule has 0 bridgehead atoms. The second-order valence-electron chi connectivity index (χ2n) is 3.41. The van der Waals surface area contributed by atoms with Crippen molar-refractivity contribution in [1.82, 2.24) is 9.97 Å². The van der Waals surface area contributed by atoms with Crippen molar-refractivity contribution in [2.24, 2.45) is 0 Å². The average molecular weight is 206 g/mol. The van der Waals surface area contributed by atoms with Gasteiger partial charge >= 0.3 is 0 Å². The van der Waals surface area contributed by atoms with Crippen LogP contribution in [-0.2, 0) is 0 Å². The maximum absolute atomic E-state index is 5.92. The molecule has 0 spiro atoms. The molecule has 4 nitrogen and oxygen atoms in total. The largest absolute Gasteiger partial charge is 0.396 e. The number of nitrogen functional groups attached to an aromatic ring is 1. The van der Waals surface area contributed by atoms with Gasteiger partial charge in [0, 0.05) is 13.1 Å². The molecule has 2 N–H and O–H groups in total. The third kappa shape index (κ3) is 0.988. The summed E-state index contributed by atoms with van der Waals surface area (Å²) < 4.78 is 0. The topological polar surface area (TPSA) is 55.0 Å². The highest BCUT2D eigenvalue weighted by Crippen LogP contribution is 2.34. The van der Waals surface area contributed by atoms with E-state index in [0.717, 1.165) is 34.8 Å². The highest BCUT2D eigenvalue weighted by atomic mass is 32.1. The SMILES string of the molecule is Nc1cnc2scnc2c1N1CCC1. The first-order chi connectivity index (χ1) is 6.86. The predicted molar refractivity (Wildman–Crippen MR) is 58.7 cm³/mol. The molecular weight excluding hydrogens is 196 g/mol. The van der Waals surface area contributed by atoms with Crippen molar-refractivity contribution < 1.29 is 0 Å². The van der Waals surface area contributed by atoms with E-state index in [4.69, 9.17) is 5.73 Å². The van der Waals surface area contributed by atoms with Crippen LogP contribution in [0.3, 0.4) is 0 Å². The summed E-state index contributed by atoms with van der Waals surface area (Å²) in [4.78, 5) is 11.8. The smallest absolute Gasteiger partial charge is 0.145 e. The lowest BCUT2D eigenvalue weighted by Gasteiger charge is -2.33. The van der Waals surface area contributed by atoms with Crippen molar-refractivity contribution in [3.8, 4) is 0 Å². The van der Waals surface area contributed by atoms with Crippen LogP contribution in [-0.4, -0.2) is 23.1 Å². The van der Waals surface area contributed by atoms with Gasteiger partial charge < -0.3 is 10.6 Å². The predicted octanol–water partition coefficient (Wildman–Crippen LogP) is 1.48. The zero-order chi connectivity index (χ0) is 9.54. The van der Waals surface area contributed by atoms with Crippen molar-refractivity contribution in [3.63, 3.8) is 0 Å². The Morgan fingerprint density at radius 3 is 2.93 bits per heavy atom. The molecule has 0 aromatic carbocycles. The Bertz CT molecular complexity index is 475. The van der Waals surface area contributed by atoms with Crippen LogP contribution in [0, 0.1) is 0 Å². The first-order valence-corrected chi connectivity index (χ1v) is 5.47. The normalized spacial score (nSPS) is 15.9. The highest BCUT2D eigenvalue weighted by molar-refractivity contribution is 7.16. The molecule has 3 rings (SSSR count). The molecule has 1 saturated heterocycles. The van der Waals surface area contributed by atoms with Gasteiger partial charge in [-0.05, 0) is 6.42 Å². The van der Waals surface area contributed by atoms with Crippen molar-refractivity contribution in [2.45, 2.75) is 6.42 Å². The van der Waals surface area contributed by atoms with Crippen LogP contribution in [0.25, 0.3) is 10.3 Å². The molecule has 3 heterocycles. The third-order valence-corrected chi connectivity index (χ3v) is 3.27. The third-order valence-electron chi connectivity index (χ3n) is 2.54. The van der Waals surface area contributed by atoms with Crippen LogP contribution in [0.4, 0.5) is 11.4 Å². The summed E-state index contributed by atoms with van der Waals surface area (Å²) in [6.07, 6.45) is 2.97. The first-order valence-electron chi connectivity index (χ1n) is 4.59. The fraction of sp³-hybridized carbons (Fsp3) is 0.333. The molecule has 2 aromatic rings. The van der Waals surface area contributed by atoms with E-state index in [1.165, 1.54) is 6.42 Å². The number of hydrogen-bond acceptors (Lipinski definition) is 5. The van der Waals surface area contributed by atoms with Gasteiger partial charge in [0.05, 0.1) is 23.1 Å². The van der Waals surface area contributed by atoms with E-state index < -0.39 is 0 Å². The monoisotopic (exact) mass is 206 g/mol. The minimum absolute atomic E-state index is 0.739. The molecule has 0 saturated carbocycles. The van der Waals surface area contributed by atoms with Gasteiger partial charge in [0.25, 0.3) is 0 Å². The number of hydrogen-bond donors (Lipinski definition) is 1. The molecule has 5 heteroatoms. The van der Waals surface area contributed by atoms with Crippen molar-refractivity contribution in [3.05, 3.63) is 11.7 Å².